The summed E-state index contributed by atoms with van der Waals surface area (Å²) in [6, 6.07) is 9.42. The fourth-order valence-electron chi connectivity index (χ4n) is 3.22. The molecule has 2 aromatic carbocycles. The van der Waals surface area contributed by atoms with Crippen molar-refractivity contribution in [1.82, 2.24) is 0 Å². The zero-order valence-corrected chi connectivity index (χ0v) is 12.6. The van der Waals surface area contributed by atoms with Crippen molar-refractivity contribution in [1.29, 1.82) is 0 Å². The highest BCUT2D eigenvalue weighted by Crippen LogP contribution is 2.47. The maximum atomic E-state index is 13.4. The van der Waals surface area contributed by atoms with Gasteiger partial charge in [-0.05, 0) is 68.1 Å². The summed E-state index contributed by atoms with van der Waals surface area (Å²) in [4.78, 5) is 0. The smallest absolute Gasteiger partial charge is 0.126 e. The van der Waals surface area contributed by atoms with E-state index in [1.165, 1.54) is 12.1 Å². The van der Waals surface area contributed by atoms with Crippen LogP contribution in [0.5, 0.6) is 0 Å². The third-order valence-electron chi connectivity index (χ3n) is 4.02. The van der Waals surface area contributed by atoms with Gasteiger partial charge in [0.2, 0.25) is 0 Å². The highest BCUT2D eigenvalue weighted by molar-refractivity contribution is 5.66. The second-order valence-electron chi connectivity index (χ2n) is 6.54. The second-order valence-corrected chi connectivity index (χ2v) is 6.54. The molecule has 0 aliphatic carbocycles. The number of halogens is 2. The quantitative estimate of drug-likeness (QED) is 0.706. The summed E-state index contributed by atoms with van der Waals surface area (Å²) in [7, 11) is 0. The lowest BCUT2D eigenvalue weighted by Gasteiger charge is -2.24. The average molecular weight is 288 g/mol. The molecule has 1 nitrogen and oxygen atoms in total. The topological polar surface area (TPSA) is 9.23 Å². The van der Waals surface area contributed by atoms with Crippen molar-refractivity contribution in [2.45, 2.75) is 38.9 Å². The van der Waals surface area contributed by atoms with Gasteiger partial charge in [-0.25, -0.2) is 8.78 Å². The van der Waals surface area contributed by atoms with Gasteiger partial charge in [0, 0.05) is 6.07 Å². The molecule has 0 saturated carbocycles. The zero-order valence-electron chi connectivity index (χ0n) is 12.6. The van der Waals surface area contributed by atoms with Gasteiger partial charge in [-0.15, -0.1) is 0 Å². The summed E-state index contributed by atoms with van der Waals surface area (Å²) in [5, 5.41) is 0. The van der Waals surface area contributed by atoms with E-state index in [4.69, 9.17) is 4.74 Å². The summed E-state index contributed by atoms with van der Waals surface area (Å²) in [5.41, 5.74) is 2.74. The van der Waals surface area contributed by atoms with E-state index in [2.05, 4.69) is 0 Å². The first-order valence-corrected chi connectivity index (χ1v) is 7.01. The van der Waals surface area contributed by atoms with Gasteiger partial charge in [0.1, 0.15) is 11.6 Å². The lowest BCUT2D eigenvalue weighted by molar-refractivity contribution is -0.105. The van der Waals surface area contributed by atoms with Crippen LogP contribution in [0.25, 0.3) is 11.1 Å². The molecule has 0 aromatic heterocycles. The molecule has 0 spiro atoms. The molecule has 0 N–H and O–H groups in total. The Balaban J connectivity index is 2.16. The minimum atomic E-state index is -0.568. The molecule has 0 bridgehead atoms. The second kappa shape index (κ2) is 4.38. The molecule has 21 heavy (non-hydrogen) atoms. The van der Waals surface area contributed by atoms with Crippen LogP contribution in [-0.4, -0.2) is 0 Å². The normalized spacial score (nSPS) is 18.6. The van der Waals surface area contributed by atoms with Crippen molar-refractivity contribution < 1.29 is 13.5 Å². The van der Waals surface area contributed by atoms with Crippen LogP contribution < -0.4 is 0 Å². The first-order valence-electron chi connectivity index (χ1n) is 7.01. The molecular formula is C18H18F2O. The number of hydrogen-bond acceptors (Lipinski definition) is 1. The lowest BCUT2D eigenvalue weighted by atomic mass is 9.88. The summed E-state index contributed by atoms with van der Waals surface area (Å²) < 4.78 is 32.9. The molecule has 0 unspecified atom stereocenters. The van der Waals surface area contributed by atoms with Crippen LogP contribution in [0.1, 0.15) is 38.8 Å². The maximum Gasteiger partial charge on any atom is 0.126 e. The van der Waals surface area contributed by atoms with Crippen molar-refractivity contribution in [3.8, 4) is 11.1 Å². The van der Waals surface area contributed by atoms with E-state index in [1.807, 2.05) is 45.9 Å². The number of ether oxygens (including phenoxy) is 1. The maximum absolute atomic E-state index is 13.4. The van der Waals surface area contributed by atoms with Gasteiger partial charge in [0.25, 0.3) is 0 Å². The van der Waals surface area contributed by atoms with E-state index in [0.29, 0.717) is 5.56 Å². The van der Waals surface area contributed by atoms with Crippen molar-refractivity contribution in [3.05, 3.63) is 59.2 Å². The van der Waals surface area contributed by atoms with Gasteiger partial charge >= 0.3 is 0 Å². The third-order valence-corrected chi connectivity index (χ3v) is 4.02. The Kier molecular flexibility index (Phi) is 2.96. The Hall–Kier alpha value is -1.74. The van der Waals surface area contributed by atoms with Crippen LogP contribution in [0.2, 0.25) is 0 Å². The standard InChI is InChI=1S/C18H18F2O/c1-17(2)15-6-5-11(9-16(15)18(3,4)21-17)12-7-13(19)10-14(20)8-12/h5-10H,1-4H3. The van der Waals surface area contributed by atoms with Gasteiger partial charge < -0.3 is 4.74 Å². The predicted octanol–water partition coefficient (Wildman–Crippen LogP) is 5.13. The van der Waals surface area contributed by atoms with Crippen LogP contribution in [0.3, 0.4) is 0 Å². The molecule has 1 aliphatic rings. The van der Waals surface area contributed by atoms with Gasteiger partial charge in [-0.3, -0.25) is 0 Å². The zero-order chi connectivity index (χ0) is 15.4. The fraction of sp³-hybridized carbons (Fsp3) is 0.333. The van der Waals surface area contributed by atoms with Crippen molar-refractivity contribution in [2.75, 3.05) is 0 Å². The Bertz CT molecular complexity index is 697. The number of rotatable bonds is 1. The molecule has 0 fully saturated rings. The van der Waals surface area contributed by atoms with Crippen LogP contribution in [0.15, 0.2) is 36.4 Å². The molecule has 0 amide bonds. The molecule has 1 heterocycles. The fourth-order valence-corrected chi connectivity index (χ4v) is 3.22. The van der Waals surface area contributed by atoms with Crippen molar-refractivity contribution in [2.24, 2.45) is 0 Å². The van der Waals surface area contributed by atoms with Crippen LogP contribution in [0.4, 0.5) is 8.78 Å². The van der Waals surface area contributed by atoms with Crippen molar-refractivity contribution in [3.63, 3.8) is 0 Å². The Labute approximate surface area is 123 Å². The van der Waals surface area contributed by atoms with E-state index in [-0.39, 0.29) is 5.60 Å². The largest absolute Gasteiger partial charge is 0.360 e. The summed E-state index contributed by atoms with van der Waals surface area (Å²) in [6.45, 7) is 8.08. The minimum Gasteiger partial charge on any atom is -0.360 e. The van der Waals surface area contributed by atoms with Gasteiger partial charge in [0.15, 0.2) is 0 Å². The Morgan fingerprint density at radius 3 is 1.90 bits per heavy atom. The summed E-state index contributed by atoms with van der Waals surface area (Å²) >= 11 is 0. The number of benzene rings is 2. The van der Waals surface area contributed by atoms with Crippen LogP contribution >= 0.6 is 0 Å². The van der Waals surface area contributed by atoms with Crippen LogP contribution in [0, 0.1) is 11.6 Å². The average Bonchev–Trinajstić information content (AvgIpc) is 2.53. The van der Waals surface area contributed by atoms with Crippen molar-refractivity contribution >= 4 is 0 Å². The van der Waals surface area contributed by atoms with Gasteiger partial charge in [-0.2, -0.15) is 0 Å². The van der Waals surface area contributed by atoms with Crippen LogP contribution in [-0.2, 0) is 15.9 Å². The highest BCUT2D eigenvalue weighted by Gasteiger charge is 2.42. The Morgan fingerprint density at radius 1 is 0.714 bits per heavy atom. The van der Waals surface area contributed by atoms with Gasteiger partial charge in [-0.1, -0.05) is 12.1 Å². The summed E-state index contributed by atoms with van der Waals surface area (Å²) in [5.74, 6) is -1.14. The SMILES string of the molecule is CC1(C)OC(C)(C)c2cc(-c3cc(F)cc(F)c3)ccc21. The van der Waals surface area contributed by atoms with E-state index >= 15 is 0 Å². The molecule has 2 aromatic rings. The molecule has 0 radical (unpaired) electrons. The number of hydrogen-bond donors (Lipinski definition) is 0. The van der Waals surface area contributed by atoms with E-state index in [9.17, 15) is 8.78 Å². The molecule has 110 valence electrons. The number of fused-ring (bicyclic) bond motifs is 1. The first-order chi connectivity index (χ1) is 9.69. The summed E-state index contributed by atoms with van der Waals surface area (Å²) in [6.07, 6.45) is 0. The molecule has 0 atom stereocenters. The lowest BCUT2D eigenvalue weighted by Crippen LogP contribution is -2.22. The molecular weight excluding hydrogens is 270 g/mol. The molecule has 1 aliphatic heterocycles. The minimum absolute atomic E-state index is 0.357. The molecule has 3 heteroatoms. The monoisotopic (exact) mass is 288 g/mol. The van der Waals surface area contributed by atoms with Gasteiger partial charge in [0.05, 0.1) is 11.2 Å². The first kappa shape index (κ1) is 14.2. The van der Waals surface area contributed by atoms with E-state index in [1.54, 1.807) is 0 Å². The Morgan fingerprint density at radius 2 is 1.29 bits per heavy atom. The molecule has 3 rings (SSSR count). The van der Waals surface area contributed by atoms with E-state index in [0.717, 1.165) is 22.8 Å². The highest BCUT2D eigenvalue weighted by atomic mass is 19.1. The van der Waals surface area contributed by atoms with E-state index < -0.39 is 17.2 Å². The molecule has 0 saturated heterocycles. The predicted molar refractivity (Wildman–Crippen MR) is 78.9 cm³/mol. The third kappa shape index (κ3) is 2.36.